The van der Waals surface area contributed by atoms with Gasteiger partial charge in [0.05, 0.1) is 18.1 Å². The molecule has 0 aromatic carbocycles. The molecule has 0 aliphatic heterocycles. The monoisotopic (exact) mass is 722 g/mol. The molecule has 10 N–H and O–H groups in total. The highest BCUT2D eigenvalue weighted by Gasteiger charge is 2.40. The summed E-state index contributed by atoms with van der Waals surface area (Å²) in [7, 11) is 1.54. The van der Waals surface area contributed by atoms with Gasteiger partial charge >= 0.3 is 6.03 Å². The largest absolute Gasteiger partial charge is 0.392 e. The van der Waals surface area contributed by atoms with Crippen molar-refractivity contribution in [2.24, 2.45) is 29.2 Å². The van der Waals surface area contributed by atoms with Crippen molar-refractivity contribution in [1.82, 2.24) is 31.5 Å². The van der Waals surface area contributed by atoms with Crippen LogP contribution in [-0.4, -0.2) is 108 Å². The topological polar surface area (TPSA) is 255 Å². The summed E-state index contributed by atoms with van der Waals surface area (Å²) in [6, 6.07) is -6.21. The fourth-order valence-corrected chi connectivity index (χ4v) is 6.39. The van der Waals surface area contributed by atoms with E-state index in [1.165, 1.54) is 4.90 Å². The second kappa shape index (κ2) is 21.5. The molecule has 0 saturated heterocycles. The first-order valence-electron chi connectivity index (χ1n) is 18.5. The molecular formula is C35H62N8O8. The number of primary amides is 1. The molecule has 7 amide bonds. The zero-order chi connectivity index (χ0) is 38.2. The standard InChI is InChI=1S/C35H62N8O8/c1-6-7-8-12-15-27(44)21(4)34(50)43(5)26(16-20(2)3)32(48)42-29(22-13-10-9-11-14-22)33(49)40-24(18-36)30(46)41-25(19-38-35(37)51)31(47)39-23-17-28(23)45/h20-27,29,44H,6-19,36H2,1-5H3,(H,39,47)(H,40,49)(H,41,46)(H,42,48)(H3,37,38,51)/t21-,23?,24+,25+,26+,27-,29+/m1/s1. The highest BCUT2D eigenvalue weighted by molar-refractivity contribution is 6.04. The van der Waals surface area contributed by atoms with E-state index in [0.717, 1.165) is 44.9 Å². The number of urea groups is 1. The lowest BCUT2D eigenvalue weighted by molar-refractivity contribution is -0.146. The zero-order valence-corrected chi connectivity index (χ0v) is 31.0. The van der Waals surface area contributed by atoms with Crippen LogP contribution >= 0.6 is 0 Å². The van der Waals surface area contributed by atoms with E-state index in [-0.39, 0.29) is 43.0 Å². The lowest BCUT2D eigenvalue weighted by atomic mass is 9.83. The summed E-state index contributed by atoms with van der Waals surface area (Å²) in [5, 5.41) is 23.5. The van der Waals surface area contributed by atoms with Crippen molar-refractivity contribution >= 4 is 41.4 Å². The summed E-state index contributed by atoms with van der Waals surface area (Å²) in [5.74, 6) is -4.21. The minimum atomic E-state index is -1.32. The molecule has 51 heavy (non-hydrogen) atoms. The van der Waals surface area contributed by atoms with Crippen LogP contribution in [0.25, 0.3) is 0 Å². The Morgan fingerprint density at radius 1 is 0.882 bits per heavy atom. The Balaban J connectivity index is 2.22. The summed E-state index contributed by atoms with van der Waals surface area (Å²) < 4.78 is 0. The van der Waals surface area contributed by atoms with Crippen LogP contribution < -0.4 is 38.1 Å². The molecule has 0 aromatic rings. The van der Waals surface area contributed by atoms with Gasteiger partial charge in [0.1, 0.15) is 24.2 Å². The lowest BCUT2D eigenvalue weighted by Crippen LogP contribution is -2.62. The highest BCUT2D eigenvalue weighted by atomic mass is 16.3. The molecule has 2 aliphatic carbocycles. The van der Waals surface area contributed by atoms with E-state index in [1.807, 2.05) is 13.8 Å². The van der Waals surface area contributed by atoms with Gasteiger partial charge in [0.2, 0.25) is 29.5 Å². The van der Waals surface area contributed by atoms with Crippen LogP contribution in [-0.2, 0) is 28.8 Å². The van der Waals surface area contributed by atoms with Gasteiger partial charge in [-0.1, -0.05) is 72.6 Å². The normalized spacial score (nSPS) is 19.5. The Hall–Kier alpha value is -3.79. The van der Waals surface area contributed by atoms with Gasteiger partial charge in [-0.2, -0.15) is 0 Å². The summed E-state index contributed by atoms with van der Waals surface area (Å²) in [6.45, 7) is 6.88. The number of ketones is 1. The molecule has 16 nitrogen and oxygen atoms in total. The van der Waals surface area contributed by atoms with Gasteiger partial charge in [0.15, 0.2) is 5.78 Å². The third-order valence-corrected chi connectivity index (χ3v) is 9.77. The molecule has 1 unspecified atom stereocenters. The van der Waals surface area contributed by atoms with Gasteiger partial charge in [-0.25, -0.2) is 4.79 Å². The number of unbranched alkanes of at least 4 members (excludes halogenated alkanes) is 3. The van der Waals surface area contributed by atoms with E-state index >= 15 is 0 Å². The molecule has 0 heterocycles. The molecule has 16 heteroatoms. The summed E-state index contributed by atoms with van der Waals surface area (Å²) in [4.78, 5) is 91.7. The average Bonchev–Trinajstić information content (AvgIpc) is 3.80. The van der Waals surface area contributed by atoms with Crippen molar-refractivity contribution < 1.29 is 38.7 Å². The Morgan fingerprint density at radius 3 is 2.06 bits per heavy atom. The number of hydrogen-bond donors (Lipinski definition) is 8. The molecule has 0 radical (unpaired) electrons. The number of rotatable bonds is 22. The van der Waals surface area contributed by atoms with Crippen molar-refractivity contribution in [2.75, 3.05) is 20.1 Å². The number of aliphatic hydroxyl groups is 1. The van der Waals surface area contributed by atoms with Crippen molar-refractivity contribution in [3.63, 3.8) is 0 Å². The van der Waals surface area contributed by atoms with Crippen LogP contribution in [0.1, 0.15) is 105 Å². The van der Waals surface area contributed by atoms with E-state index in [0.29, 0.717) is 25.7 Å². The molecule has 2 rings (SSSR count). The minimum Gasteiger partial charge on any atom is -0.392 e. The number of amides is 7. The number of nitrogens with zero attached hydrogens (tertiary/aromatic N) is 1. The summed E-state index contributed by atoms with van der Waals surface area (Å²) in [6.07, 6.45) is 7.95. The minimum absolute atomic E-state index is 0.0183. The highest BCUT2D eigenvalue weighted by Crippen LogP contribution is 2.27. The van der Waals surface area contributed by atoms with Crippen molar-refractivity contribution in [3.8, 4) is 0 Å². The number of nitrogens with one attached hydrogen (secondary N) is 5. The zero-order valence-electron chi connectivity index (χ0n) is 31.0. The maximum Gasteiger partial charge on any atom is 0.312 e. The van der Waals surface area contributed by atoms with Crippen molar-refractivity contribution in [2.45, 2.75) is 141 Å². The van der Waals surface area contributed by atoms with Gasteiger partial charge in [-0.05, 0) is 37.5 Å². The van der Waals surface area contributed by atoms with Gasteiger partial charge in [0, 0.05) is 26.6 Å². The first-order chi connectivity index (χ1) is 24.1. The van der Waals surface area contributed by atoms with Crippen LogP contribution in [0.3, 0.4) is 0 Å². The fraction of sp³-hybridized carbons (Fsp3) is 0.800. The Morgan fingerprint density at radius 2 is 1.51 bits per heavy atom. The molecule has 2 aliphatic rings. The number of Topliss-reactive ketones (excluding diaryl/α,β-unsaturated/α-hetero) is 1. The van der Waals surface area contributed by atoms with Gasteiger partial charge in [-0.15, -0.1) is 0 Å². The Bertz CT molecular complexity index is 1210. The van der Waals surface area contributed by atoms with Gasteiger partial charge in [-0.3, -0.25) is 28.8 Å². The first kappa shape index (κ1) is 43.4. The van der Waals surface area contributed by atoms with E-state index in [4.69, 9.17) is 11.5 Å². The molecule has 2 fully saturated rings. The number of hydrogen-bond acceptors (Lipinski definition) is 9. The lowest BCUT2D eigenvalue weighted by Gasteiger charge is -2.35. The molecule has 290 valence electrons. The molecule has 0 bridgehead atoms. The van der Waals surface area contributed by atoms with Crippen LogP contribution in [0.2, 0.25) is 0 Å². The summed E-state index contributed by atoms with van der Waals surface area (Å²) >= 11 is 0. The summed E-state index contributed by atoms with van der Waals surface area (Å²) in [5.41, 5.74) is 11.0. The molecule has 7 atom stereocenters. The average molecular weight is 723 g/mol. The molecule has 0 aromatic heterocycles. The third kappa shape index (κ3) is 14.4. The van der Waals surface area contributed by atoms with E-state index in [9.17, 15) is 38.7 Å². The second-order valence-corrected chi connectivity index (χ2v) is 14.5. The SMILES string of the molecule is CCCCCC[C@@H](O)[C@@H](C)C(=O)N(C)[C@@H](CC(C)C)C(=O)N[C@H](C(=O)N[C@@H](CN)C(=O)N[C@@H](CNC(N)=O)C(=O)NC1CC1=O)C1CCCCC1. The number of aliphatic hydroxyl groups excluding tert-OH is 1. The number of carbonyl (C=O) groups excluding carboxylic acids is 7. The van der Waals surface area contributed by atoms with Crippen LogP contribution in [0.4, 0.5) is 4.79 Å². The van der Waals surface area contributed by atoms with Crippen molar-refractivity contribution in [1.29, 1.82) is 0 Å². The maximum absolute atomic E-state index is 14.0. The number of nitrogens with two attached hydrogens (primary N) is 2. The third-order valence-electron chi connectivity index (χ3n) is 9.77. The predicted molar refractivity (Wildman–Crippen MR) is 191 cm³/mol. The number of likely N-dealkylation sites (N-methyl/N-ethyl adjacent to an activating group) is 1. The first-order valence-corrected chi connectivity index (χ1v) is 18.5. The van der Waals surface area contributed by atoms with Gasteiger partial charge in [0.25, 0.3) is 0 Å². The van der Waals surface area contributed by atoms with Crippen LogP contribution in [0.5, 0.6) is 0 Å². The second-order valence-electron chi connectivity index (χ2n) is 14.5. The quantitative estimate of drug-likeness (QED) is 0.0696. The molecule has 2 saturated carbocycles. The van der Waals surface area contributed by atoms with E-state index < -0.39 is 71.9 Å². The molecule has 0 spiro atoms. The Kier molecular flexibility index (Phi) is 18.3. The van der Waals surface area contributed by atoms with Gasteiger partial charge < -0.3 is 48.1 Å². The number of carbonyl (C=O) groups is 7. The van der Waals surface area contributed by atoms with E-state index in [2.05, 4.69) is 33.5 Å². The predicted octanol–water partition coefficient (Wildman–Crippen LogP) is -0.0538. The maximum atomic E-state index is 14.0. The fourth-order valence-electron chi connectivity index (χ4n) is 6.39. The van der Waals surface area contributed by atoms with E-state index in [1.54, 1.807) is 14.0 Å². The Labute approximate surface area is 301 Å². The van der Waals surface area contributed by atoms with Crippen LogP contribution in [0.15, 0.2) is 0 Å². The molecular weight excluding hydrogens is 660 g/mol. The van der Waals surface area contributed by atoms with Crippen molar-refractivity contribution in [3.05, 3.63) is 0 Å². The smallest absolute Gasteiger partial charge is 0.312 e. The van der Waals surface area contributed by atoms with Crippen LogP contribution in [0, 0.1) is 17.8 Å².